The molecule has 0 spiro atoms. The second-order valence-corrected chi connectivity index (χ2v) is 3.00. The van der Waals surface area contributed by atoms with Crippen LogP contribution in [-0.4, -0.2) is 21.0 Å². The van der Waals surface area contributed by atoms with Crippen LogP contribution in [0, 0.1) is 0 Å². The van der Waals surface area contributed by atoms with E-state index in [0.717, 1.165) is 19.3 Å². The number of aromatic carboxylic acids is 1. The minimum atomic E-state index is -1.13. The van der Waals surface area contributed by atoms with Crippen molar-refractivity contribution in [1.82, 2.24) is 9.97 Å². The maximum atomic E-state index is 10.7. The van der Waals surface area contributed by atoms with Crippen molar-refractivity contribution in [3.05, 3.63) is 17.6 Å². The Bertz CT molecular complexity index is 339. The molecule has 0 unspecified atom stereocenters. The Morgan fingerprint density at radius 2 is 2.36 bits per heavy atom. The minimum Gasteiger partial charge on any atom is -0.476 e. The van der Waals surface area contributed by atoms with E-state index in [-0.39, 0.29) is 11.5 Å². The van der Waals surface area contributed by atoms with E-state index in [2.05, 4.69) is 16.9 Å². The van der Waals surface area contributed by atoms with Gasteiger partial charge in [0.2, 0.25) is 0 Å². The molecule has 1 heterocycles. The average molecular weight is 195 g/mol. The van der Waals surface area contributed by atoms with Gasteiger partial charge in [-0.2, -0.15) is 0 Å². The summed E-state index contributed by atoms with van der Waals surface area (Å²) in [7, 11) is 0. The molecule has 1 rings (SSSR count). The number of hydrogen-bond acceptors (Lipinski definition) is 4. The minimum absolute atomic E-state index is 0.0299. The first kappa shape index (κ1) is 10.4. The van der Waals surface area contributed by atoms with E-state index in [1.807, 2.05) is 0 Å². The van der Waals surface area contributed by atoms with Crippen molar-refractivity contribution >= 4 is 11.8 Å². The smallest absolute Gasteiger partial charge is 0.358 e. The second-order valence-electron chi connectivity index (χ2n) is 3.00. The first-order valence-electron chi connectivity index (χ1n) is 4.49. The number of hydrogen-bond donors (Lipinski definition) is 2. The lowest BCUT2D eigenvalue weighted by Crippen LogP contribution is -2.09. The lowest BCUT2D eigenvalue weighted by molar-refractivity contribution is 0.0691. The zero-order valence-corrected chi connectivity index (χ0v) is 8.03. The largest absolute Gasteiger partial charge is 0.476 e. The summed E-state index contributed by atoms with van der Waals surface area (Å²) in [6.45, 7) is 2.06. The molecule has 0 fully saturated rings. The van der Waals surface area contributed by atoms with Gasteiger partial charge in [-0.25, -0.2) is 14.8 Å². The van der Waals surface area contributed by atoms with Gasteiger partial charge in [0.15, 0.2) is 11.5 Å². The summed E-state index contributed by atoms with van der Waals surface area (Å²) in [5.41, 5.74) is 5.89. The van der Waals surface area contributed by atoms with Crippen LogP contribution < -0.4 is 5.73 Å². The van der Waals surface area contributed by atoms with Crippen LogP contribution in [0.5, 0.6) is 0 Å². The van der Waals surface area contributed by atoms with Gasteiger partial charge < -0.3 is 10.8 Å². The van der Waals surface area contributed by atoms with Crippen LogP contribution >= 0.6 is 0 Å². The number of carboxylic acids is 1. The van der Waals surface area contributed by atoms with Crippen LogP contribution in [0.25, 0.3) is 0 Å². The van der Waals surface area contributed by atoms with E-state index in [9.17, 15) is 4.79 Å². The molecule has 0 atom stereocenters. The molecule has 1 aromatic rings. The molecule has 0 amide bonds. The summed E-state index contributed by atoms with van der Waals surface area (Å²) >= 11 is 0. The maximum Gasteiger partial charge on any atom is 0.358 e. The fourth-order valence-electron chi connectivity index (χ4n) is 1.07. The van der Waals surface area contributed by atoms with Crippen LogP contribution in [0.15, 0.2) is 6.20 Å². The molecule has 0 saturated carbocycles. The summed E-state index contributed by atoms with van der Waals surface area (Å²) in [5, 5.41) is 8.73. The Balaban J connectivity index is 2.89. The molecular weight excluding hydrogens is 182 g/mol. The third kappa shape index (κ3) is 2.42. The number of aromatic nitrogens is 2. The predicted octanol–water partition coefficient (Wildman–Crippen LogP) is 1.10. The number of nitrogen functional groups attached to an aromatic ring is 1. The highest BCUT2D eigenvalue weighted by molar-refractivity contribution is 5.90. The molecule has 1 aromatic heterocycles. The zero-order chi connectivity index (χ0) is 10.6. The summed E-state index contributed by atoms with van der Waals surface area (Å²) in [6.07, 6.45) is 4.27. The highest BCUT2D eigenvalue weighted by Crippen LogP contribution is 2.08. The van der Waals surface area contributed by atoms with Gasteiger partial charge in [-0.3, -0.25) is 0 Å². The maximum absolute atomic E-state index is 10.7. The lowest BCUT2D eigenvalue weighted by Gasteiger charge is -2.02. The third-order valence-electron chi connectivity index (χ3n) is 1.84. The van der Waals surface area contributed by atoms with Gasteiger partial charge in [-0.05, 0) is 12.8 Å². The molecule has 0 radical (unpaired) electrons. The molecule has 5 nitrogen and oxygen atoms in total. The van der Waals surface area contributed by atoms with Gasteiger partial charge in [0.1, 0.15) is 0 Å². The Morgan fingerprint density at radius 3 is 2.93 bits per heavy atom. The first-order chi connectivity index (χ1) is 6.65. The van der Waals surface area contributed by atoms with Gasteiger partial charge in [0, 0.05) is 0 Å². The summed E-state index contributed by atoms with van der Waals surface area (Å²) in [5.74, 6) is -1.16. The first-order valence-corrected chi connectivity index (χ1v) is 4.49. The number of unbranched alkanes of at least 4 members (excludes halogenated alkanes) is 1. The van der Waals surface area contributed by atoms with Crippen molar-refractivity contribution in [3.8, 4) is 0 Å². The Morgan fingerprint density at radius 1 is 1.64 bits per heavy atom. The van der Waals surface area contributed by atoms with E-state index in [1.165, 1.54) is 6.20 Å². The molecule has 0 aromatic carbocycles. The predicted molar refractivity (Wildman–Crippen MR) is 52.0 cm³/mol. The van der Waals surface area contributed by atoms with Crippen molar-refractivity contribution in [2.24, 2.45) is 0 Å². The van der Waals surface area contributed by atoms with Crippen LogP contribution in [0.1, 0.15) is 35.9 Å². The summed E-state index contributed by atoms with van der Waals surface area (Å²) in [6, 6.07) is 0. The molecule has 0 aliphatic rings. The van der Waals surface area contributed by atoms with Crippen molar-refractivity contribution in [2.75, 3.05) is 5.73 Å². The van der Waals surface area contributed by atoms with E-state index >= 15 is 0 Å². The highest BCUT2D eigenvalue weighted by Gasteiger charge is 2.11. The van der Waals surface area contributed by atoms with Crippen molar-refractivity contribution in [3.63, 3.8) is 0 Å². The molecule has 0 aliphatic carbocycles. The zero-order valence-electron chi connectivity index (χ0n) is 8.03. The van der Waals surface area contributed by atoms with Gasteiger partial charge in [-0.15, -0.1) is 0 Å². The number of aryl methyl sites for hydroxylation is 1. The number of nitrogens with two attached hydrogens (primary N) is 1. The molecule has 76 valence electrons. The van der Waals surface area contributed by atoms with Crippen LogP contribution in [-0.2, 0) is 6.42 Å². The van der Waals surface area contributed by atoms with E-state index in [0.29, 0.717) is 5.69 Å². The number of nitrogens with zero attached hydrogens (tertiary/aromatic N) is 2. The number of anilines is 1. The van der Waals surface area contributed by atoms with Gasteiger partial charge >= 0.3 is 5.97 Å². The fraction of sp³-hybridized carbons (Fsp3) is 0.444. The lowest BCUT2D eigenvalue weighted by atomic mass is 10.2. The van der Waals surface area contributed by atoms with Gasteiger partial charge in [-0.1, -0.05) is 13.3 Å². The number of carbonyl (C=O) groups is 1. The number of rotatable bonds is 4. The van der Waals surface area contributed by atoms with Crippen LogP contribution in [0.3, 0.4) is 0 Å². The van der Waals surface area contributed by atoms with E-state index < -0.39 is 5.97 Å². The normalized spacial score (nSPS) is 10.1. The van der Waals surface area contributed by atoms with Crippen molar-refractivity contribution in [1.29, 1.82) is 0 Å². The molecular formula is C9H13N3O2. The molecule has 3 N–H and O–H groups in total. The Hall–Kier alpha value is -1.65. The third-order valence-corrected chi connectivity index (χ3v) is 1.84. The van der Waals surface area contributed by atoms with Crippen LogP contribution in [0.4, 0.5) is 5.82 Å². The summed E-state index contributed by atoms with van der Waals surface area (Å²) < 4.78 is 0. The topological polar surface area (TPSA) is 89.1 Å². The standard InChI is InChI=1S/C9H13N3O2/c1-2-3-4-6-5-11-8(10)7(12-6)9(13)14/h5H,2-4H2,1H3,(H2,10,11)(H,13,14). The van der Waals surface area contributed by atoms with Crippen molar-refractivity contribution in [2.45, 2.75) is 26.2 Å². The van der Waals surface area contributed by atoms with E-state index in [1.54, 1.807) is 0 Å². The monoisotopic (exact) mass is 195 g/mol. The Kier molecular flexibility index (Phi) is 3.39. The quantitative estimate of drug-likeness (QED) is 0.750. The molecule has 0 bridgehead atoms. The number of carboxylic acid groups (broad SMARTS) is 1. The molecule has 0 aliphatic heterocycles. The fourth-order valence-corrected chi connectivity index (χ4v) is 1.07. The second kappa shape index (κ2) is 4.55. The SMILES string of the molecule is CCCCc1cnc(N)c(C(=O)O)n1. The van der Waals surface area contributed by atoms with E-state index in [4.69, 9.17) is 10.8 Å². The Labute approximate surface area is 82.0 Å². The molecule has 5 heteroatoms. The molecule has 0 saturated heterocycles. The van der Waals surface area contributed by atoms with Crippen LogP contribution in [0.2, 0.25) is 0 Å². The van der Waals surface area contributed by atoms with Gasteiger partial charge in [0.25, 0.3) is 0 Å². The molecule has 14 heavy (non-hydrogen) atoms. The average Bonchev–Trinajstić information content (AvgIpc) is 2.16. The van der Waals surface area contributed by atoms with Crippen molar-refractivity contribution < 1.29 is 9.90 Å². The van der Waals surface area contributed by atoms with Gasteiger partial charge in [0.05, 0.1) is 11.9 Å². The highest BCUT2D eigenvalue weighted by atomic mass is 16.4. The summed E-state index contributed by atoms with van der Waals surface area (Å²) in [4.78, 5) is 18.4.